The Morgan fingerprint density at radius 3 is 2.46 bits per heavy atom. The molecule has 138 valence electrons. The monoisotopic (exact) mass is 440 g/mol. The Labute approximate surface area is 159 Å². The fraction of sp³-hybridized carbons (Fsp3) is 0.176. The summed E-state index contributed by atoms with van der Waals surface area (Å²) in [5.74, 6) is -0.866. The minimum Gasteiger partial charge on any atom is -0.462 e. The number of nitrogens with one attached hydrogen (secondary N) is 2. The highest BCUT2D eigenvalue weighted by molar-refractivity contribution is 9.10. The maximum atomic E-state index is 12.6. The number of esters is 1. The molecular weight excluding hydrogens is 424 g/mol. The lowest BCUT2D eigenvalue weighted by Gasteiger charge is -2.11. The highest BCUT2D eigenvalue weighted by atomic mass is 79.9. The van der Waals surface area contributed by atoms with E-state index in [0.29, 0.717) is 5.56 Å². The molecule has 2 N–H and O–H groups in total. The van der Waals surface area contributed by atoms with Gasteiger partial charge in [-0.25, -0.2) is 13.2 Å². The van der Waals surface area contributed by atoms with E-state index >= 15 is 0 Å². The first kappa shape index (κ1) is 19.9. The summed E-state index contributed by atoms with van der Waals surface area (Å²) in [5.41, 5.74) is 0.802. The first-order chi connectivity index (χ1) is 12.3. The smallest absolute Gasteiger partial charge is 0.338 e. The molecule has 7 nitrogen and oxygen atoms in total. The van der Waals surface area contributed by atoms with Crippen molar-refractivity contribution in [1.29, 1.82) is 0 Å². The fourth-order valence-electron chi connectivity index (χ4n) is 2.14. The van der Waals surface area contributed by atoms with Crippen molar-refractivity contribution in [1.82, 2.24) is 5.32 Å². The van der Waals surface area contributed by atoms with Crippen molar-refractivity contribution in [3.05, 3.63) is 58.1 Å². The lowest BCUT2D eigenvalue weighted by molar-refractivity contribution is 0.0526. The van der Waals surface area contributed by atoms with E-state index in [1.807, 2.05) is 0 Å². The van der Waals surface area contributed by atoms with E-state index in [2.05, 4.69) is 26.0 Å². The van der Waals surface area contributed by atoms with Gasteiger partial charge in [-0.05, 0) is 59.3 Å². The van der Waals surface area contributed by atoms with Gasteiger partial charge in [0.2, 0.25) is 0 Å². The zero-order chi connectivity index (χ0) is 19.3. The van der Waals surface area contributed by atoms with Crippen molar-refractivity contribution in [3.8, 4) is 0 Å². The fourth-order valence-corrected chi connectivity index (χ4v) is 4.27. The number of hydrogen-bond acceptors (Lipinski definition) is 5. The van der Waals surface area contributed by atoms with Crippen LogP contribution in [0.15, 0.2) is 51.8 Å². The Balaban J connectivity index is 2.31. The zero-order valence-electron chi connectivity index (χ0n) is 14.1. The molecule has 2 aromatic rings. The summed E-state index contributed by atoms with van der Waals surface area (Å²) < 4.78 is 32.8. The van der Waals surface area contributed by atoms with E-state index < -0.39 is 16.0 Å². The van der Waals surface area contributed by atoms with Crippen molar-refractivity contribution in [2.75, 3.05) is 18.4 Å². The van der Waals surface area contributed by atoms with Gasteiger partial charge in [0.05, 0.1) is 12.2 Å². The van der Waals surface area contributed by atoms with Crippen LogP contribution in [0.2, 0.25) is 0 Å². The van der Waals surface area contributed by atoms with E-state index in [-0.39, 0.29) is 33.1 Å². The number of ether oxygens (including phenoxy) is 1. The van der Waals surface area contributed by atoms with Gasteiger partial charge in [0.15, 0.2) is 0 Å². The van der Waals surface area contributed by atoms with Crippen LogP contribution < -0.4 is 10.0 Å². The Morgan fingerprint density at radius 2 is 1.85 bits per heavy atom. The maximum absolute atomic E-state index is 12.6. The van der Waals surface area contributed by atoms with Gasteiger partial charge in [0.1, 0.15) is 4.90 Å². The molecule has 0 aromatic heterocycles. The normalized spacial score (nSPS) is 10.9. The molecule has 0 bridgehead atoms. The minimum absolute atomic E-state index is 0.0455. The van der Waals surface area contributed by atoms with Crippen molar-refractivity contribution >= 4 is 43.5 Å². The first-order valence-electron chi connectivity index (χ1n) is 7.60. The summed E-state index contributed by atoms with van der Waals surface area (Å²) in [6.07, 6.45) is 0. The van der Waals surface area contributed by atoms with E-state index in [9.17, 15) is 18.0 Å². The van der Waals surface area contributed by atoms with Crippen LogP contribution >= 0.6 is 15.9 Å². The predicted octanol–water partition coefficient (Wildman–Crippen LogP) is 2.79. The summed E-state index contributed by atoms with van der Waals surface area (Å²) in [4.78, 5) is 23.4. The molecule has 0 radical (unpaired) electrons. The predicted molar refractivity (Wildman–Crippen MR) is 101 cm³/mol. The Morgan fingerprint density at radius 1 is 1.12 bits per heavy atom. The molecule has 0 aliphatic rings. The highest BCUT2D eigenvalue weighted by Gasteiger charge is 2.20. The van der Waals surface area contributed by atoms with Crippen LogP contribution in [0.3, 0.4) is 0 Å². The van der Waals surface area contributed by atoms with E-state index in [4.69, 9.17) is 4.74 Å². The van der Waals surface area contributed by atoms with Crippen LogP contribution in [0.5, 0.6) is 0 Å². The number of halogens is 1. The topological polar surface area (TPSA) is 102 Å². The number of hydrogen-bond donors (Lipinski definition) is 2. The molecule has 0 aliphatic heterocycles. The van der Waals surface area contributed by atoms with Crippen LogP contribution in [-0.2, 0) is 14.8 Å². The molecule has 0 saturated carbocycles. The van der Waals surface area contributed by atoms with Crippen molar-refractivity contribution in [2.45, 2.75) is 11.8 Å². The van der Waals surface area contributed by atoms with Crippen LogP contribution in [0.25, 0.3) is 0 Å². The standard InChI is InChI=1S/C17H17BrN2O5S/c1-3-25-17(22)12-7-8-15(14(18)10-12)26(23,24)20-13-6-4-5-11(9-13)16(21)19-2/h4-10,20H,3H2,1-2H3,(H,19,21). The van der Waals surface area contributed by atoms with Crippen LogP contribution in [0.4, 0.5) is 5.69 Å². The van der Waals surface area contributed by atoms with Crippen molar-refractivity contribution in [2.24, 2.45) is 0 Å². The second kappa shape index (κ2) is 8.33. The number of anilines is 1. The van der Waals surface area contributed by atoms with E-state index in [0.717, 1.165) is 0 Å². The number of carbonyl (C=O) groups excluding carboxylic acids is 2. The Kier molecular flexibility index (Phi) is 6.38. The quantitative estimate of drug-likeness (QED) is 0.672. The molecule has 0 spiro atoms. The molecule has 0 heterocycles. The van der Waals surface area contributed by atoms with Gasteiger partial charge >= 0.3 is 5.97 Å². The third-order valence-electron chi connectivity index (χ3n) is 3.34. The molecule has 0 unspecified atom stereocenters. The third-order valence-corrected chi connectivity index (χ3v) is 5.69. The average molecular weight is 441 g/mol. The molecule has 1 amide bonds. The summed E-state index contributed by atoms with van der Waals surface area (Å²) >= 11 is 3.17. The first-order valence-corrected chi connectivity index (χ1v) is 9.87. The lowest BCUT2D eigenvalue weighted by Crippen LogP contribution is -2.18. The van der Waals surface area contributed by atoms with Crippen LogP contribution in [0.1, 0.15) is 27.6 Å². The second-order valence-electron chi connectivity index (χ2n) is 5.13. The molecular formula is C17H17BrN2O5S. The van der Waals surface area contributed by atoms with Gasteiger partial charge < -0.3 is 10.1 Å². The summed E-state index contributed by atoms with van der Waals surface area (Å²) in [5, 5.41) is 2.47. The molecule has 2 aromatic carbocycles. The zero-order valence-corrected chi connectivity index (χ0v) is 16.5. The Bertz CT molecular complexity index is 944. The van der Waals surface area contributed by atoms with E-state index in [1.165, 1.54) is 37.4 Å². The lowest BCUT2D eigenvalue weighted by atomic mass is 10.2. The summed E-state index contributed by atoms with van der Waals surface area (Å²) in [6, 6.07) is 10.2. The largest absolute Gasteiger partial charge is 0.462 e. The van der Waals surface area contributed by atoms with Gasteiger partial charge in [0, 0.05) is 22.8 Å². The van der Waals surface area contributed by atoms with Crippen molar-refractivity contribution in [3.63, 3.8) is 0 Å². The molecule has 0 atom stereocenters. The maximum Gasteiger partial charge on any atom is 0.338 e. The molecule has 0 fully saturated rings. The van der Waals surface area contributed by atoms with Gasteiger partial charge in [0.25, 0.3) is 15.9 Å². The van der Waals surface area contributed by atoms with Crippen molar-refractivity contribution < 1.29 is 22.7 Å². The number of rotatable bonds is 6. The van der Waals surface area contributed by atoms with Crippen LogP contribution in [-0.4, -0.2) is 33.9 Å². The minimum atomic E-state index is -3.93. The van der Waals surface area contributed by atoms with E-state index in [1.54, 1.807) is 19.1 Å². The molecule has 2 rings (SSSR count). The Hall–Kier alpha value is -2.39. The van der Waals surface area contributed by atoms with Crippen LogP contribution in [0, 0.1) is 0 Å². The molecule has 26 heavy (non-hydrogen) atoms. The SMILES string of the molecule is CCOC(=O)c1ccc(S(=O)(=O)Nc2cccc(C(=O)NC)c2)c(Br)c1. The van der Waals surface area contributed by atoms with Gasteiger partial charge in [-0.3, -0.25) is 9.52 Å². The highest BCUT2D eigenvalue weighted by Crippen LogP contribution is 2.26. The molecule has 0 aliphatic carbocycles. The molecule has 0 saturated heterocycles. The summed E-state index contributed by atoms with van der Waals surface area (Å²) in [6.45, 7) is 1.91. The molecule has 9 heteroatoms. The number of carbonyl (C=O) groups is 2. The van der Waals surface area contributed by atoms with Gasteiger partial charge in [-0.1, -0.05) is 6.07 Å². The number of amides is 1. The third kappa shape index (κ3) is 4.61. The summed E-state index contributed by atoms with van der Waals surface area (Å²) in [7, 11) is -2.44. The van der Waals surface area contributed by atoms with Gasteiger partial charge in [-0.2, -0.15) is 0 Å². The number of sulfonamides is 1. The average Bonchev–Trinajstić information content (AvgIpc) is 2.60. The number of benzene rings is 2. The second-order valence-corrected chi connectivity index (χ2v) is 7.64. The van der Waals surface area contributed by atoms with Gasteiger partial charge in [-0.15, -0.1) is 0 Å².